The molecule has 0 aliphatic carbocycles. The van der Waals surface area contributed by atoms with Gasteiger partial charge in [0.05, 0.1) is 18.8 Å². The first-order chi connectivity index (χ1) is 20.6. The molecule has 11 nitrogen and oxygen atoms in total. The Morgan fingerprint density at radius 1 is 1.14 bits per heavy atom. The molecule has 16 heteroatoms. The zero-order valence-electron chi connectivity index (χ0n) is 24.0. The van der Waals surface area contributed by atoms with E-state index in [4.69, 9.17) is 14.6 Å². The maximum Gasteiger partial charge on any atom is 0.490 e. The molecule has 0 saturated carbocycles. The second-order valence-corrected chi connectivity index (χ2v) is 9.64. The van der Waals surface area contributed by atoms with E-state index >= 15 is 0 Å². The lowest BCUT2D eigenvalue weighted by Gasteiger charge is -2.31. The molecule has 2 aromatic carbocycles. The van der Waals surface area contributed by atoms with E-state index < -0.39 is 35.5 Å². The van der Waals surface area contributed by atoms with Gasteiger partial charge in [0.2, 0.25) is 5.95 Å². The first-order valence-corrected chi connectivity index (χ1v) is 13.0. The van der Waals surface area contributed by atoms with Gasteiger partial charge in [-0.25, -0.2) is 28.3 Å². The number of aromatic nitrogens is 2. The number of hydrogen-bond acceptors (Lipinski definition) is 7. The molecule has 0 unspecified atom stereocenters. The first kappa shape index (κ1) is 33.6. The van der Waals surface area contributed by atoms with Gasteiger partial charge >= 0.3 is 18.2 Å². The molecule has 1 aliphatic rings. The van der Waals surface area contributed by atoms with Crippen LogP contribution in [0.5, 0.6) is 0 Å². The highest BCUT2D eigenvalue weighted by Crippen LogP contribution is 2.39. The van der Waals surface area contributed by atoms with Crippen LogP contribution in [0, 0.1) is 18.6 Å². The molecule has 0 spiro atoms. The van der Waals surface area contributed by atoms with Gasteiger partial charge in [-0.1, -0.05) is 12.1 Å². The Labute approximate surface area is 248 Å². The number of alkyl halides is 3. The zero-order valence-corrected chi connectivity index (χ0v) is 24.0. The van der Waals surface area contributed by atoms with Crippen LogP contribution in [-0.4, -0.2) is 65.5 Å². The van der Waals surface area contributed by atoms with Gasteiger partial charge in [0, 0.05) is 36.4 Å². The predicted molar refractivity (Wildman–Crippen MR) is 150 cm³/mol. The third-order valence-corrected chi connectivity index (χ3v) is 5.98. The molecule has 0 bridgehead atoms. The van der Waals surface area contributed by atoms with Crippen LogP contribution in [0.15, 0.2) is 36.4 Å². The van der Waals surface area contributed by atoms with Gasteiger partial charge in [-0.3, -0.25) is 4.79 Å². The first-order valence-electron chi connectivity index (χ1n) is 13.0. The molecule has 1 aromatic heterocycles. The second kappa shape index (κ2) is 14.1. The van der Waals surface area contributed by atoms with Gasteiger partial charge in [0.1, 0.15) is 17.3 Å². The van der Waals surface area contributed by atoms with Crippen molar-refractivity contribution in [3.05, 3.63) is 64.7 Å². The quantitative estimate of drug-likeness (QED) is 0.204. The van der Waals surface area contributed by atoms with Gasteiger partial charge in [-0.2, -0.15) is 18.2 Å². The predicted octanol–water partition coefficient (Wildman–Crippen LogP) is 4.92. The fourth-order valence-corrected chi connectivity index (χ4v) is 4.00. The van der Waals surface area contributed by atoms with Crippen molar-refractivity contribution in [3.8, 4) is 11.3 Å². The topological polar surface area (TPSA) is 146 Å². The summed E-state index contributed by atoms with van der Waals surface area (Å²) in [7, 11) is 1.55. The van der Waals surface area contributed by atoms with Crippen LogP contribution < -0.4 is 20.9 Å². The van der Waals surface area contributed by atoms with Crippen molar-refractivity contribution in [1.29, 1.82) is 0 Å². The number of nitrogens with one attached hydrogen (secondary N) is 3. The Hall–Kier alpha value is -4.86. The smallest absolute Gasteiger partial charge is 0.475 e. The summed E-state index contributed by atoms with van der Waals surface area (Å²) in [5.41, 5.74) is 2.18. The number of rotatable bonds is 8. The van der Waals surface area contributed by atoms with Gasteiger partial charge in [0.15, 0.2) is 5.82 Å². The second-order valence-electron chi connectivity index (χ2n) is 9.64. The van der Waals surface area contributed by atoms with Crippen LogP contribution in [0.25, 0.3) is 11.3 Å². The molecule has 0 fully saturated rings. The number of carbonyl (C=O) groups excluding carboxylic acids is 2. The monoisotopic (exact) mass is 624 g/mol. The van der Waals surface area contributed by atoms with Crippen LogP contribution in [0.4, 0.5) is 44.2 Å². The number of para-hydroxylation sites is 1. The number of benzene rings is 2. The molecule has 2 heterocycles. The van der Waals surface area contributed by atoms with Crippen molar-refractivity contribution in [3.63, 3.8) is 0 Å². The molecular weight excluding hydrogens is 595 g/mol. The molecule has 4 N–H and O–H groups in total. The maximum atomic E-state index is 14.8. The summed E-state index contributed by atoms with van der Waals surface area (Å²) in [4.78, 5) is 44.5. The number of anilines is 3. The number of aryl methyl sites for hydroxylation is 1. The lowest BCUT2D eigenvalue weighted by Crippen LogP contribution is -2.43. The Morgan fingerprint density at radius 2 is 1.77 bits per heavy atom. The number of ether oxygens (including phenoxy) is 1. The number of carboxylic acids is 1. The van der Waals surface area contributed by atoms with Crippen molar-refractivity contribution in [2.24, 2.45) is 0 Å². The molecule has 44 heavy (non-hydrogen) atoms. The summed E-state index contributed by atoms with van der Waals surface area (Å²) in [6, 6.07) is 7.79. The number of amides is 3. The Kier molecular flexibility index (Phi) is 10.8. The third-order valence-electron chi connectivity index (χ3n) is 5.98. The molecule has 4 rings (SSSR count). The summed E-state index contributed by atoms with van der Waals surface area (Å²) in [5.74, 6) is -4.66. The number of urea groups is 1. The van der Waals surface area contributed by atoms with E-state index in [1.54, 1.807) is 25.3 Å². The van der Waals surface area contributed by atoms with E-state index in [9.17, 15) is 31.5 Å². The van der Waals surface area contributed by atoms with E-state index in [1.165, 1.54) is 6.07 Å². The van der Waals surface area contributed by atoms with Crippen LogP contribution in [0.3, 0.4) is 0 Å². The molecule has 0 radical (unpaired) electrons. The van der Waals surface area contributed by atoms with Gasteiger partial charge in [-0.05, 0) is 50.6 Å². The number of methoxy groups -OCH3 is 1. The fourth-order valence-electron chi connectivity index (χ4n) is 4.00. The number of halogens is 5. The summed E-state index contributed by atoms with van der Waals surface area (Å²) >= 11 is 0. The number of carbonyl (C=O) groups is 3. The summed E-state index contributed by atoms with van der Waals surface area (Å²) in [6.07, 6.45) is -5.08. The molecule has 0 saturated heterocycles. The Bertz CT molecular complexity index is 1530. The summed E-state index contributed by atoms with van der Waals surface area (Å²) < 4.78 is 66.4. The van der Waals surface area contributed by atoms with Crippen LogP contribution in [0.2, 0.25) is 0 Å². The van der Waals surface area contributed by atoms with Gasteiger partial charge < -0.3 is 25.8 Å². The van der Waals surface area contributed by atoms with Crippen molar-refractivity contribution >= 4 is 35.4 Å². The standard InChI is InChI=1S/C26H28F2N6O3.C2HF3O2/c1-14(2)31-24(35)16-9-8-15(3)17(12-16)21-18-13-30-26(36)34(22-19(27)6-5-7-20(22)28)23(18)33-25(32-21)29-10-11-37-4;3-2(4,5)1(6)7/h5-9,12,14H,10-11,13H2,1-4H3,(H,30,36)(H,31,35)(H,29,32,33);(H,6,7). The minimum Gasteiger partial charge on any atom is -0.475 e. The average Bonchev–Trinajstić information content (AvgIpc) is 2.93. The van der Waals surface area contributed by atoms with Crippen LogP contribution in [-0.2, 0) is 16.1 Å². The summed E-state index contributed by atoms with van der Waals surface area (Å²) in [5, 5.41) is 15.7. The van der Waals surface area contributed by atoms with E-state index in [2.05, 4.69) is 25.9 Å². The number of carboxylic acid groups (broad SMARTS) is 1. The number of fused-ring (bicyclic) bond motifs is 1. The van der Waals surface area contributed by atoms with Crippen LogP contribution in [0.1, 0.15) is 35.3 Å². The highest BCUT2D eigenvalue weighted by Gasteiger charge is 2.38. The molecule has 3 amide bonds. The molecule has 0 atom stereocenters. The highest BCUT2D eigenvalue weighted by molar-refractivity contribution is 6.02. The average molecular weight is 625 g/mol. The fraction of sp³-hybridized carbons (Fsp3) is 0.321. The Balaban J connectivity index is 0.000000676. The lowest BCUT2D eigenvalue weighted by molar-refractivity contribution is -0.192. The largest absolute Gasteiger partial charge is 0.490 e. The Morgan fingerprint density at radius 3 is 2.34 bits per heavy atom. The van der Waals surface area contributed by atoms with Gasteiger partial charge in [-0.15, -0.1) is 0 Å². The van der Waals surface area contributed by atoms with Crippen molar-refractivity contribution < 1.29 is 46.2 Å². The van der Waals surface area contributed by atoms with Gasteiger partial charge in [0.25, 0.3) is 5.91 Å². The van der Waals surface area contributed by atoms with E-state index in [0.29, 0.717) is 35.5 Å². The van der Waals surface area contributed by atoms with E-state index in [1.807, 2.05) is 20.8 Å². The normalized spacial score (nSPS) is 12.6. The minimum absolute atomic E-state index is 0.0241. The number of hydrogen-bond donors (Lipinski definition) is 4. The van der Waals surface area contributed by atoms with Crippen molar-refractivity contribution in [2.75, 3.05) is 30.5 Å². The molecule has 3 aromatic rings. The minimum atomic E-state index is -5.08. The van der Waals surface area contributed by atoms with E-state index in [0.717, 1.165) is 22.6 Å². The number of aliphatic carboxylic acids is 1. The zero-order chi connectivity index (χ0) is 32.8. The maximum absolute atomic E-state index is 14.8. The third kappa shape index (κ3) is 7.94. The number of nitrogens with zero attached hydrogens (tertiary/aromatic N) is 3. The molecule has 1 aliphatic heterocycles. The van der Waals surface area contributed by atoms with Crippen molar-refractivity contribution in [2.45, 2.75) is 39.5 Å². The molecule has 236 valence electrons. The molecular formula is C28H29F5N6O5. The SMILES string of the molecule is COCCNc1nc(-c2cc(C(=O)NC(C)C)ccc2C)c2c(n1)N(c1c(F)cccc1F)C(=O)NC2.O=C(O)C(F)(F)F. The van der Waals surface area contributed by atoms with E-state index in [-0.39, 0.29) is 30.3 Å². The highest BCUT2D eigenvalue weighted by atomic mass is 19.4. The summed E-state index contributed by atoms with van der Waals surface area (Å²) in [6.45, 7) is 6.32. The lowest BCUT2D eigenvalue weighted by atomic mass is 9.97. The van der Waals surface area contributed by atoms with Crippen molar-refractivity contribution in [1.82, 2.24) is 20.6 Å². The van der Waals surface area contributed by atoms with Crippen LogP contribution >= 0.6 is 0 Å².